The highest BCUT2D eigenvalue weighted by Crippen LogP contribution is 2.41. The van der Waals surface area contributed by atoms with E-state index in [4.69, 9.17) is 4.74 Å². The second-order valence-electron chi connectivity index (χ2n) is 14.5. The first-order valence-electron chi connectivity index (χ1n) is 16.8. The van der Waals surface area contributed by atoms with Crippen molar-refractivity contribution in [3.63, 3.8) is 0 Å². The zero-order chi connectivity index (χ0) is 33.6. The van der Waals surface area contributed by atoms with Gasteiger partial charge in [-0.15, -0.1) is 0 Å². The molecule has 2 heteroatoms. The summed E-state index contributed by atoms with van der Waals surface area (Å²) in [7, 11) is 0. The number of carbonyl (C=O) groups is 1. The highest BCUT2D eigenvalue weighted by atomic mass is 16.5. The normalized spacial score (nSPS) is 20.9. The van der Waals surface area contributed by atoms with Crippen LogP contribution in [0.3, 0.4) is 0 Å². The Morgan fingerprint density at radius 3 is 1.56 bits per heavy atom. The van der Waals surface area contributed by atoms with Crippen LogP contribution in [0.15, 0.2) is 129 Å². The molecule has 0 atom stereocenters. The Kier molecular flexibility index (Phi) is 15.1. The van der Waals surface area contributed by atoms with Crippen molar-refractivity contribution >= 4 is 5.97 Å². The molecule has 244 valence electrons. The predicted octanol–water partition coefficient (Wildman–Crippen LogP) is 12.5. The summed E-state index contributed by atoms with van der Waals surface area (Å²) in [5, 5.41) is 0. The summed E-state index contributed by atoms with van der Waals surface area (Å²) in [4.78, 5) is 12.3. The molecule has 0 saturated carbocycles. The average Bonchev–Trinajstić information content (AvgIpc) is 2.93. The fourth-order valence-corrected chi connectivity index (χ4v) is 6.10. The third kappa shape index (κ3) is 13.6. The molecule has 2 rings (SSSR count). The van der Waals surface area contributed by atoms with Gasteiger partial charge in [0.25, 0.3) is 0 Å². The van der Waals surface area contributed by atoms with Gasteiger partial charge in [0, 0.05) is 6.08 Å². The number of hydrogen-bond acceptors (Lipinski definition) is 2. The number of ether oxygens (including phenoxy) is 1. The van der Waals surface area contributed by atoms with Gasteiger partial charge in [0.05, 0.1) is 0 Å². The maximum absolute atomic E-state index is 12.3. The smallest absolute Gasteiger partial charge is 0.331 e. The highest BCUT2D eigenvalue weighted by molar-refractivity contribution is 5.83. The number of allylic oxidation sites excluding steroid dienone is 20. The van der Waals surface area contributed by atoms with Crippen LogP contribution in [0, 0.1) is 10.8 Å². The van der Waals surface area contributed by atoms with Crippen LogP contribution in [-0.4, -0.2) is 12.6 Å². The van der Waals surface area contributed by atoms with Gasteiger partial charge < -0.3 is 4.74 Å². The van der Waals surface area contributed by atoms with Gasteiger partial charge >= 0.3 is 5.97 Å². The second-order valence-corrected chi connectivity index (χ2v) is 14.5. The molecule has 2 aliphatic carbocycles. The predicted molar refractivity (Wildman–Crippen MR) is 197 cm³/mol. The molecule has 0 saturated heterocycles. The molecule has 2 aliphatic rings. The van der Waals surface area contributed by atoms with E-state index in [1.165, 1.54) is 72.0 Å². The van der Waals surface area contributed by atoms with E-state index >= 15 is 0 Å². The number of carbonyl (C=O) groups excluding carboxylic acids is 1. The molecule has 2 nitrogen and oxygen atoms in total. The molecular weight excluding hydrogens is 548 g/mol. The minimum absolute atomic E-state index is 0.243. The summed E-state index contributed by atoms with van der Waals surface area (Å²) in [6, 6.07) is 0. The van der Waals surface area contributed by atoms with Crippen LogP contribution >= 0.6 is 0 Å². The van der Waals surface area contributed by atoms with Gasteiger partial charge in [0.15, 0.2) is 0 Å². The second kappa shape index (κ2) is 17.9. The van der Waals surface area contributed by atoms with E-state index < -0.39 is 0 Å². The van der Waals surface area contributed by atoms with E-state index in [2.05, 4.69) is 117 Å². The minimum Gasteiger partial charge on any atom is -0.458 e. The van der Waals surface area contributed by atoms with Crippen LogP contribution in [0.25, 0.3) is 0 Å². The van der Waals surface area contributed by atoms with Gasteiger partial charge in [-0.3, -0.25) is 0 Å². The van der Waals surface area contributed by atoms with Gasteiger partial charge in [-0.05, 0) is 120 Å². The van der Waals surface area contributed by atoms with Crippen LogP contribution < -0.4 is 0 Å². The molecule has 0 aliphatic heterocycles. The molecule has 0 heterocycles. The molecule has 0 unspecified atom stereocenters. The summed E-state index contributed by atoms with van der Waals surface area (Å²) in [6.07, 6.45) is 34.4. The first-order valence-corrected chi connectivity index (χ1v) is 16.8. The molecule has 0 N–H and O–H groups in total. The first kappa shape index (κ1) is 37.8. The third-order valence-corrected chi connectivity index (χ3v) is 8.97. The molecule has 0 spiro atoms. The molecule has 45 heavy (non-hydrogen) atoms. The Balaban J connectivity index is 1.85. The number of hydrogen-bond donors (Lipinski definition) is 0. The fourth-order valence-electron chi connectivity index (χ4n) is 6.10. The summed E-state index contributed by atoms with van der Waals surface area (Å²) in [5.41, 5.74) is 11.9. The maximum atomic E-state index is 12.3. The van der Waals surface area contributed by atoms with E-state index in [-0.39, 0.29) is 23.4 Å². The zero-order valence-electron chi connectivity index (χ0n) is 30.3. The van der Waals surface area contributed by atoms with E-state index in [0.29, 0.717) is 0 Å². The van der Waals surface area contributed by atoms with Crippen molar-refractivity contribution in [2.24, 2.45) is 10.8 Å². The topological polar surface area (TPSA) is 26.3 Å². The molecule has 0 fully saturated rings. The fraction of sp³-hybridized carbons (Fsp3) is 0.465. The Morgan fingerprint density at radius 2 is 1.09 bits per heavy atom. The van der Waals surface area contributed by atoms with Gasteiger partial charge in [-0.25, -0.2) is 4.79 Å². The van der Waals surface area contributed by atoms with Crippen molar-refractivity contribution in [3.05, 3.63) is 129 Å². The highest BCUT2D eigenvalue weighted by Gasteiger charge is 2.27. The van der Waals surface area contributed by atoms with Crippen molar-refractivity contribution in [2.45, 2.75) is 115 Å². The molecule has 0 aromatic carbocycles. The third-order valence-electron chi connectivity index (χ3n) is 8.97. The Labute approximate surface area is 276 Å². The first-order chi connectivity index (χ1) is 21.1. The zero-order valence-corrected chi connectivity index (χ0v) is 30.3. The summed E-state index contributed by atoms with van der Waals surface area (Å²) in [6.45, 7) is 24.4. The largest absolute Gasteiger partial charge is 0.458 e. The average molecular weight is 609 g/mol. The van der Waals surface area contributed by atoms with Crippen molar-refractivity contribution in [2.75, 3.05) is 6.61 Å². The van der Waals surface area contributed by atoms with Crippen LogP contribution in [-0.2, 0) is 9.53 Å². The van der Waals surface area contributed by atoms with E-state index in [1.807, 2.05) is 32.1 Å². The minimum atomic E-state index is -0.329. The molecule has 0 amide bonds. The lowest BCUT2D eigenvalue weighted by atomic mass is 9.72. The molecule has 0 aromatic rings. The van der Waals surface area contributed by atoms with E-state index in [0.717, 1.165) is 16.7 Å². The van der Waals surface area contributed by atoms with Gasteiger partial charge in [0.1, 0.15) is 6.61 Å². The standard InChI is InChI=1S/C43H60O2/c1-32(16-12-17-33(2)24-26-39-37(6)20-14-28-42(39,8)9)22-23-36(5)31-45-41(44)30-35(4)19-13-18-34(3)25-27-40-38(7)21-15-29-43(40,10)11/h12-13,16-19,22-27,30H,14-15,20-21,28-29,31H2,1-11H3/b16-12+,19-13+,26-24+,27-25+,32-22+,33-17+,34-18+,35-30+,36-23+. The molecule has 0 aromatic heterocycles. The molecule has 0 radical (unpaired) electrons. The molecule has 0 bridgehead atoms. The van der Waals surface area contributed by atoms with Gasteiger partial charge in [-0.1, -0.05) is 128 Å². The Hall–Kier alpha value is -3.39. The van der Waals surface area contributed by atoms with Crippen molar-refractivity contribution in [1.82, 2.24) is 0 Å². The van der Waals surface area contributed by atoms with Crippen molar-refractivity contribution in [3.8, 4) is 0 Å². The number of esters is 1. The van der Waals surface area contributed by atoms with Crippen LogP contribution in [0.2, 0.25) is 0 Å². The summed E-state index contributed by atoms with van der Waals surface area (Å²) in [5.74, 6) is -0.329. The van der Waals surface area contributed by atoms with Crippen LogP contribution in [0.5, 0.6) is 0 Å². The lowest BCUT2D eigenvalue weighted by Gasteiger charge is -2.33. The Morgan fingerprint density at radius 1 is 0.644 bits per heavy atom. The SMILES string of the molecule is CC1=C(/C=C/C(C)=C/C=C/C(C)=C/C=C(\C)COC(=O)/C=C(C)/C=C/C=C(C)/C=C/C2=C(C)CCCC2(C)C)C(C)(C)CCC1. The summed E-state index contributed by atoms with van der Waals surface area (Å²) >= 11 is 0. The van der Waals surface area contributed by atoms with Crippen molar-refractivity contribution in [1.29, 1.82) is 0 Å². The molecular formula is C43H60O2. The van der Waals surface area contributed by atoms with Crippen LogP contribution in [0.1, 0.15) is 115 Å². The lowest BCUT2D eigenvalue weighted by Crippen LogP contribution is -2.19. The van der Waals surface area contributed by atoms with E-state index in [9.17, 15) is 4.79 Å². The summed E-state index contributed by atoms with van der Waals surface area (Å²) < 4.78 is 5.46. The van der Waals surface area contributed by atoms with Gasteiger partial charge in [-0.2, -0.15) is 0 Å². The number of rotatable bonds is 12. The Bertz CT molecular complexity index is 1400. The van der Waals surface area contributed by atoms with Gasteiger partial charge in [0.2, 0.25) is 0 Å². The van der Waals surface area contributed by atoms with Crippen molar-refractivity contribution < 1.29 is 9.53 Å². The monoisotopic (exact) mass is 608 g/mol. The lowest BCUT2D eigenvalue weighted by molar-refractivity contribution is -0.136. The van der Waals surface area contributed by atoms with E-state index in [1.54, 1.807) is 6.08 Å². The quantitative estimate of drug-likeness (QED) is 0.125. The maximum Gasteiger partial charge on any atom is 0.331 e. The van der Waals surface area contributed by atoms with Crippen LogP contribution in [0.4, 0.5) is 0 Å².